The van der Waals surface area contributed by atoms with E-state index in [4.69, 9.17) is 11.6 Å². The van der Waals surface area contributed by atoms with Crippen molar-refractivity contribution < 1.29 is 23.1 Å². The van der Waals surface area contributed by atoms with Crippen molar-refractivity contribution >= 4 is 33.5 Å². The van der Waals surface area contributed by atoms with Crippen molar-refractivity contribution in [2.45, 2.75) is 18.2 Å². The van der Waals surface area contributed by atoms with E-state index in [0.717, 1.165) is 0 Å². The van der Waals surface area contributed by atoms with Crippen LogP contribution in [0.3, 0.4) is 0 Å². The molecule has 0 bridgehead atoms. The summed E-state index contributed by atoms with van der Waals surface area (Å²) in [5.41, 5.74) is -0.964. The molecule has 1 atom stereocenters. The molecule has 1 aliphatic heterocycles. The van der Waals surface area contributed by atoms with Gasteiger partial charge in [0.05, 0.1) is 20.9 Å². The molecule has 0 spiro atoms. The zero-order valence-electron chi connectivity index (χ0n) is 12.7. The summed E-state index contributed by atoms with van der Waals surface area (Å²) >= 11 is 6.02. The number of carbonyl (C=O) groups is 2. The predicted molar refractivity (Wildman–Crippen MR) is 84.0 cm³/mol. The standard InChI is InChI=1S/C14H17ClN2O5S/c1-14(13(19)20)5-6-17(8-14)12(18)10-7-9(3-4-11(10)15)23(21,22)16-2/h3-4,7,16H,5-6,8H2,1-2H3,(H,19,20). The molecular weight excluding hydrogens is 344 g/mol. The summed E-state index contributed by atoms with van der Waals surface area (Å²) in [7, 11) is -2.44. The molecule has 1 aromatic carbocycles. The molecule has 23 heavy (non-hydrogen) atoms. The monoisotopic (exact) mass is 360 g/mol. The summed E-state index contributed by atoms with van der Waals surface area (Å²) in [4.78, 5) is 25.2. The Morgan fingerprint density at radius 2 is 2.04 bits per heavy atom. The van der Waals surface area contributed by atoms with Crippen LogP contribution < -0.4 is 4.72 Å². The van der Waals surface area contributed by atoms with E-state index in [9.17, 15) is 23.1 Å². The average Bonchev–Trinajstić information content (AvgIpc) is 2.91. The van der Waals surface area contributed by atoms with Gasteiger partial charge in [0.15, 0.2) is 0 Å². The van der Waals surface area contributed by atoms with Crippen LogP contribution in [0.25, 0.3) is 0 Å². The van der Waals surface area contributed by atoms with Gasteiger partial charge in [0.1, 0.15) is 0 Å². The van der Waals surface area contributed by atoms with Crippen molar-refractivity contribution in [2.24, 2.45) is 5.41 Å². The van der Waals surface area contributed by atoms with Crippen LogP contribution in [-0.2, 0) is 14.8 Å². The molecule has 2 N–H and O–H groups in total. The van der Waals surface area contributed by atoms with E-state index >= 15 is 0 Å². The van der Waals surface area contributed by atoms with E-state index in [-0.39, 0.29) is 28.6 Å². The maximum absolute atomic E-state index is 12.6. The van der Waals surface area contributed by atoms with Gasteiger partial charge in [0, 0.05) is 13.1 Å². The third-order valence-electron chi connectivity index (χ3n) is 4.02. The topological polar surface area (TPSA) is 104 Å². The first-order chi connectivity index (χ1) is 10.6. The van der Waals surface area contributed by atoms with E-state index in [1.165, 1.54) is 30.1 Å². The zero-order chi connectivity index (χ0) is 17.4. The minimum Gasteiger partial charge on any atom is -0.481 e. The summed E-state index contributed by atoms with van der Waals surface area (Å²) in [5.74, 6) is -1.45. The Kier molecular flexibility index (Phi) is 4.70. The number of rotatable bonds is 4. The highest BCUT2D eigenvalue weighted by molar-refractivity contribution is 7.89. The molecule has 0 aliphatic carbocycles. The summed E-state index contributed by atoms with van der Waals surface area (Å²) < 4.78 is 25.9. The largest absolute Gasteiger partial charge is 0.481 e. The van der Waals surface area contributed by atoms with Crippen molar-refractivity contribution in [3.8, 4) is 0 Å². The Bertz CT molecular complexity index is 764. The smallest absolute Gasteiger partial charge is 0.311 e. The Balaban J connectivity index is 2.34. The average molecular weight is 361 g/mol. The molecular formula is C14H17ClN2O5S. The van der Waals surface area contributed by atoms with Crippen LogP contribution in [0.15, 0.2) is 23.1 Å². The maximum atomic E-state index is 12.6. The van der Waals surface area contributed by atoms with Crippen LogP contribution >= 0.6 is 11.6 Å². The predicted octanol–water partition coefficient (Wildman–Crippen LogP) is 1.18. The highest BCUT2D eigenvalue weighted by Gasteiger charge is 2.42. The van der Waals surface area contributed by atoms with Gasteiger partial charge in [-0.05, 0) is 38.6 Å². The fourth-order valence-electron chi connectivity index (χ4n) is 2.43. The van der Waals surface area contributed by atoms with Gasteiger partial charge in [-0.2, -0.15) is 0 Å². The molecule has 9 heteroatoms. The number of hydrogen-bond acceptors (Lipinski definition) is 4. The van der Waals surface area contributed by atoms with Crippen molar-refractivity contribution in [2.75, 3.05) is 20.1 Å². The first-order valence-electron chi connectivity index (χ1n) is 6.86. The second kappa shape index (κ2) is 6.10. The van der Waals surface area contributed by atoms with Gasteiger partial charge in [0.2, 0.25) is 10.0 Å². The Hall–Kier alpha value is -1.64. The van der Waals surface area contributed by atoms with Crippen LogP contribution in [0.5, 0.6) is 0 Å². The van der Waals surface area contributed by atoms with Crippen molar-refractivity contribution in [1.82, 2.24) is 9.62 Å². The number of benzene rings is 1. The van der Waals surface area contributed by atoms with Gasteiger partial charge < -0.3 is 10.0 Å². The molecule has 1 unspecified atom stereocenters. The third-order valence-corrected chi connectivity index (χ3v) is 5.77. The fraction of sp³-hybridized carbons (Fsp3) is 0.429. The van der Waals surface area contributed by atoms with Gasteiger partial charge in [-0.3, -0.25) is 9.59 Å². The number of halogens is 1. The molecule has 126 valence electrons. The summed E-state index contributed by atoms with van der Waals surface area (Å²) in [6, 6.07) is 3.84. The lowest BCUT2D eigenvalue weighted by Crippen LogP contribution is -2.35. The molecule has 1 heterocycles. The molecule has 1 amide bonds. The molecule has 0 radical (unpaired) electrons. The number of hydrogen-bond donors (Lipinski definition) is 2. The second-order valence-electron chi connectivity index (χ2n) is 5.69. The van der Waals surface area contributed by atoms with Crippen LogP contribution in [0.2, 0.25) is 5.02 Å². The number of sulfonamides is 1. The molecule has 0 saturated carbocycles. The SMILES string of the molecule is CNS(=O)(=O)c1ccc(Cl)c(C(=O)N2CCC(C)(C(=O)O)C2)c1. The number of likely N-dealkylation sites (tertiary alicyclic amines) is 1. The number of amides is 1. The van der Waals surface area contributed by atoms with E-state index in [1.807, 2.05) is 0 Å². The number of carboxylic acid groups (broad SMARTS) is 1. The minimum absolute atomic E-state index is 0.0395. The fourth-order valence-corrected chi connectivity index (χ4v) is 3.39. The Morgan fingerprint density at radius 3 is 2.57 bits per heavy atom. The van der Waals surface area contributed by atoms with Gasteiger partial charge >= 0.3 is 5.97 Å². The molecule has 1 saturated heterocycles. The molecule has 0 aromatic heterocycles. The number of carbonyl (C=O) groups excluding carboxylic acids is 1. The number of nitrogens with zero attached hydrogens (tertiary/aromatic N) is 1. The zero-order valence-corrected chi connectivity index (χ0v) is 14.2. The van der Waals surface area contributed by atoms with Gasteiger partial charge in [0.25, 0.3) is 5.91 Å². The van der Waals surface area contributed by atoms with Gasteiger partial charge in [-0.25, -0.2) is 13.1 Å². The lowest BCUT2D eigenvalue weighted by molar-refractivity contribution is -0.147. The third kappa shape index (κ3) is 3.34. The van der Waals surface area contributed by atoms with Gasteiger partial charge in [-0.1, -0.05) is 11.6 Å². The number of nitrogens with one attached hydrogen (secondary N) is 1. The Labute approximate surface area is 139 Å². The first-order valence-corrected chi connectivity index (χ1v) is 8.72. The van der Waals surface area contributed by atoms with E-state index in [1.54, 1.807) is 6.92 Å². The summed E-state index contributed by atoms with van der Waals surface area (Å²) in [5, 5.41) is 9.35. The lowest BCUT2D eigenvalue weighted by Gasteiger charge is -2.21. The molecule has 1 aromatic rings. The van der Waals surface area contributed by atoms with Crippen LogP contribution in [0.1, 0.15) is 23.7 Å². The highest BCUT2D eigenvalue weighted by atomic mass is 35.5. The number of aliphatic carboxylic acids is 1. The van der Waals surface area contributed by atoms with Crippen molar-refractivity contribution in [3.63, 3.8) is 0 Å². The van der Waals surface area contributed by atoms with Crippen molar-refractivity contribution in [1.29, 1.82) is 0 Å². The first kappa shape index (κ1) is 17.7. The van der Waals surface area contributed by atoms with E-state index in [2.05, 4.69) is 4.72 Å². The van der Waals surface area contributed by atoms with Crippen LogP contribution in [0.4, 0.5) is 0 Å². The molecule has 1 fully saturated rings. The summed E-state index contributed by atoms with van der Waals surface area (Å²) in [6.45, 7) is 1.91. The normalized spacial score (nSPS) is 21.4. The Morgan fingerprint density at radius 1 is 1.39 bits per heavy atom. The quantitative estimate of drug-likeness (QED) is 0.839. The second-order valence-corrected chi connectivity index (χ2v) is 7.99. The van der Waals surface area contributed by atoms with Gasteiger partial charge in [-0.15, -0.1) is 0 Å². The minimum atomic E-state index is -3.70. The summed E-state index contributed by atoms with van der Waals surface area (Å²) in [6.07, 6.45) is 0.334. The van der Waals surface area contributed by atoms with E-state index < -0.39 is 27.3 Å². The molecule has 1 aliphatic rings. The van der Waals surface area contributed by atoms with E-state index in [0.29, 0.717) is 6.42 Å². The van der Waals surface area contributed by atoms with Crippen molar-refractivity contribution in [3.05, 3.63) is 28.8 Å². The molecule has 7 nitrogen and oxygen atoms in total. The molecule has 2 rings (SSSR count). The van der Waals surface area contributed by atoms with Crippen LogP contribution in [-0.4, -0.2) is 50.4 Å². The number of carboxylic acids is 1. The maximum Gasteiger partial charge on any atom is 0.311 e. The van der Waals surface area contributed by atoms with Crippen LogP contribution in [0, 0.1) is 5.41 Å². The highest BCUT2D eigenvalue weighted by Crippen LogP contribution is 2.32. The lowest BCUT2D eigenvalue weighted by atomic mass is 9.90.